The second-order valence-electron chi connectivity index (χ2n) is 9.56. The summed E-state index contributed by atoms with van der Waals surface area (Å²) in [4.78, 5) is 65.7. The van der Waals surface area contributed by atoms with Crippen LogP contribution in [0, 0.1) is 17.8 Å². The minimum atomic E-state index is -1.04. The van der Waals surface area contributed by atoms with Crippen LogP contribution in [0.15, 0.2) is 65.3 Å². The third kappa shape index (κ3) is 3.24. The molecule has 8 nitrogen and oxygen atoms in total. The fraction of sp³-hybridized carbons (Fsp3) is 0.321. The number of benzene rings is 1. The number of amides is 3. The third-order valence-electron chi connectivity index (χ3n) is 7.75. The van der Waals surface area contributed by atoms with Gasteiger partial charge >= 0.3 is 6.09 Å². The summed E-state index contributed by atoms with van der Waals surface area (Å²) in [5, 5.41) is 11.2. The van der Waals surface area contributed by atoms with E-state index in [2.05, 4.69) is 11.3 Å². The van der Waals surface area contributed by atoms with Crippen molar-refractivity contribution < 1.29 is 33.8 Å². The van der Waals surface area contributed by atoms with Crippen LogP contribution >= 0.6 is 0 Å². The van der Waals surface area contributed by atoms with E-state index in [4.69, 9.17) is 0 Å². The topological polar surface area (TPSA) is 118 Å². The highest BCUT2D eigenvalue weighted by atomic mass is 16.5. The maximum atomic E-state index is 13.4. The van der Waals surface area contributed by atoms with Crippen LogP contribution in [0.3, 0.4) is 0 Å². The first-order chi connectivity index (χ1) is 17.2. The molecule has 8 heteroatoms. The minimum absolute atomic E-state index is 0.00513. The number of methoxy groups -OCH3 is 1. The largest absolute Gasteiger partial charge is 0.507 e. The van der Waals surface area contributed by atoms with Crippen molar-refractivity contribution in [3.8, 4) is 5.75 Å². The van der Waals surface area contributed by atoms with E-state index in [1.54, 1.807) is 31.2 Å². The summed E-state index contributed by atoms with van der Waals surface area (Å²) >= 11 is 0. The standard InChI is InChI=1S/C28H25NO7/c1-4-6-14-7-5-8-16(25(14)32)21-15-9-10-17-22(27(34)29(26(17)33)28(35)36-3)18(15)12-19-23(21)20(30)11-13(2)24(19)31/h4-5,7-9,11,17-18,21-22,32H,1,6,10,12H2,2-3H3/t17-,18+,21+,22-/m0/s1. The van der Waals surface area contributed by atoms with Gasteiger partial charge in [0.25, 0.3) is 0 Å². The maximum Gasteiger partial charge on any atom is 0.423 e. The fourth-order valence-corrected chi connectivity index (χ4v) is 6.17. The summed E-state index contributed by atoms with van der Waals surface area (Å²) in [5.74, 6) is -4.89. The first-order valence-corrected chi connectivity index (χ1v) is 11.8. The lowest BCUT2D eigenvalue weighted by Gasteiger charge is -2.42. The normalized spacial score (nSPS) is 27.2. The van der Waals surface area contributed by atoms with E-state index in [0.29, 0.717) is 39.2 Å². The molecule has 1 aromatic rings. The number of hydrogen-bond acceptors (Lipinski definition) is 7. The van der Waals surface area contributed by atoms with Crippen molar-refractivity contribution in [1.82, 2.24) is 4.90 Å². The second-order valence-corrected chi connectivity index (χ2v) is 9.56. The van der Waals surface area contributed by atoms with Gasteiger partial charge in [0.05, 0.1) is 18.9 Å². The second kappa shape index (κ2) is 8.55. The van der Waals surface area contributed by atoms with Crippen molar-refractivity contribution >= 4 is 29.5 Å². The van der Waals surface area contributed by atoms with Crippen molar-refractivity contribution in [3.63, 3.8) is 0 Å². The summed E-state index contributed by atoms with van der Waals surface area (Å²) in [5.41, 5.74) is 2.64. The Labute approximate surface area is 207 Å². The molecule has 0 radical (unpaired) electrons. The Balaban J connectivity index is 1.70. The first-order valence-electron chi connectivity index (χ1n) is 11.8. The molecule has 1 saturated heterocycles. The number of fused-ring (bicyclic) bond motifs is 3. The molecule has 1 aromatic carbocycles. The number of Topliss-reactive ketones (excluding diaryl/α,β-unsaturated/α-hetero) is 1. The molecular formula is C28H25NO7. The molecule has 4 aliphatic rings. The summed E-state index contributed by atoms with van der Waals surface area (Å²) in [7, 11) is 1.10. The van der Waals surface area contributed by atoms with Gasteiger partial charge in [-0.25, -0.2) is 4.79 Å². The molecule has 1 fully saturated rings. The van der Waals surface area contributed by atoms with E-state index >= 15 is 0 Å². The van der Waals surface area contributed by atoms with E-state index < -0.39 is 41.6 Å². The highest BCUT2D eigenvalue weighted by Gasteiger charge is 2.58. The number of rotatable bonds is 3. The van der Waals surface area contributed by atoms with E-state index in [0.717, 1.165) is 7.11 Å². The Kier molecular flexibility index (Phi) is 5.62. The van der Waals surface area contributed by atoms with Crippen molar-refractivity contribution in [1.29, 1.82) is 0 Å². The van der Waals surface area contributed by atoms with E-state index in [9.17, 15) is 29.1 Å². The molecule has 4 atom stereocenters. The van der Waals surface area contributed by atoms with Gasteiger partial charge in [0.15, 0.2) is 11.6 Å². The highest BCUT2D eigenvalue weighted by molar-refractivity contribution is 6.24. The number of para-hydroxylation sites is 1. The Morgan fingerprint density at radius 1 is 1.19 bits per heavy atom. The summed E-state index contributed by atoms with van der Waals surface area (Å²) in [6, 6.07) is 5.23. The lowest BCUT2D eigenvalue weighted by Crippen LogP contribution is -2.40. The van der Waals surface area contributed by atoms with E-state index in [1.807, 2.05) is 6.08 Å². The van der Waals surface area contributed by atoms with Crippen LogP contribution in [0.25, 0.3) is 0 Å². The Morgan fingerprint density at radius 2 is 1.94 bits per heavy atom. The molecule has 1 aliphatic heterocycles. The van der Waals surface area contributed by atoms with Crippen LogP contribution in [0.1, 0.15) is 36.8 Å². The van der Waals surface area contributed by atoms with Gasteiger partial charge < -0.3 is 9.84 Å². The van der Waals surface area contributed by atoms with Gasteiger partial charge in [0.1, 0.15) is 5.75 Å². The minimum Gasteiger partial charge on any atom is -0.507 e. The smallest absolute Gasteiger partial charge is 0.423 e. The molecule has 3 aliphatic carbocycles. The molecule has 0 bridgehead atoms. The number of ether oxygens (including phenoxy) is 1. The number of imide groups is 3. The number of carbonyl (C=O) groups is 5. The van der Waals surface area contributed by atoms with Gasteiger partial charge in [-0.05, 0) is 43.7 Å². The van der Waals surface area contributed by atoms with Crippen LogP contribution in [-0.4, -0.2) is 46.6 Å². The average Bonchev–Trinajstić information content (AvgIpc) is 3.12. The Bertz CT molecular complexity index is 1360. The Morgan fingerprint density at radius 3 is 2.64 bits per heavy atom. The van der Waals surface area contributed by atoms with E-state index in [-0.39, 0.29) is 35.7 Å². The lowest BCUT2D eigenvalue weighted by atomic mass is 9.59. The molecular weight excluding hydrogens is 462 g/mol. The summed E-state index contributed by atoms with van der Waals surface area (Å²) in [6.45, 7) is 5.30. The number of nitrogens with zero attached hydrogens (tertiary/aromatic N) is 1. The zero-order valence-electron chi connectivity index (χ0n) is 19.9. The number of carbonyl (C=O) groups excluding carboxylic acids is 5. The molecule has 184 valence electrons. The SMILES string of the molecule is C=CCc1cccc([C@H]2C3=CC[C@@H]4C(=O)N(C(=O)OC)C(=O)[C@@H]4[C@@H]3CC3=C2C(=O)C=C(C)C3=O)c1O. The molecule has 36 heavy (non-hydrogen) atoms. The number of hydrogen-bond donors (Lipinski definition) is 1. The molecule has 1 N–H and O–H groups in total. The first kappa shape index (κ1) is 23.7. The number of likely N-dealkylation sites (tertiary alicyclic amines) is 1. The van der Waals surface area contributed by atoms with Crippen LogP contribution in [-0.2, 0) is 30.3 Å². The van der Waals surface area contributed by atoms with Crippen molar-refractivity contribution in [2.45, 2.75) is 32.1 Å². The van der Waals surface area contributed by atoms with Gasteiger partial charge in [0, 0.05) is 28.2 Å². The molecule has 0 spiro atoms. The Hall–Kier alpha value is -4.07. The lowest BCUT2D eigenvalue weighted by molar-refractivity contribution is -0.137. The molecule has 1 heterocycles. The van der Waals surface area contributed by atoms with Crippen LogP contribution in [0.5, 0.6) is 5.75 Å². The van der Waals surface area contributed by atoms with Crippen molar-refractivity contribution in [3.05, 3.63) is 76.4 Å². The number of ketones is 2. The van der Waals surface area contributed by atoms with Crippen molar-refractivity contribution in [2.75, 3.05) is 7.11 Å². The van der Waals surface area contributed by atoms with Gasteiger partial charge in [0.2, 0.25) is 11.8 Å². The molecule has 0 unspecified atom stereocenters. The predicted octanol–water partition coefficient (Wildman–Crippen LogP) is 3.32. The van der Waals surface area contributed by atoms with Crippen LogP contribution in [0.2, 0.25) is 0 Å². The zero-order valence-corrected chi connectivity index (χ0v) is 19.9. The predicted molar refractivity (Wildman–Crippen MR) is 128 cm³/mol. The molecule has 3 amide bonds. The molecule has 0 aromatic heterocycles. The monoisotopic (exact) mass is 487 g/mol. The van der Waals surface area contributed by atoms with Gasteiger partial charge in [-0.2, -0.15) is 4.90 Å². The maximum absolute atomic E-state index is 13.4. The summed E-state index contributed by atoms with van der Waals surface area (Å²) < 4.78 is 4.66. The average molecular weight is 488 g/mol. The van der Waals surface area contributed by atoms with Crippen LogP contribution < -0.4 is 0 Å². The number of allylic oxidation sites excluding steroid dienone is 7. The molecule has 5 rings (SSSR count). The number of phenols is 1. The zero-order chi connectivity index (χ0) is 25.9. The van der Waals surface area contributed by atoms with Gasteiger partial charge in [-0.1, -0.05) is 35.9 Å². The highest BCUT2D eigenvalue weighted by Crippen LogP contribution is 2.56. The van der Waals surface area contributed by atoms with Crippen LogP contribution in [0.4, 0.5) is 4.79 Å². The van der Waals surface area contributed by atoms with Crippen molar-refractivity contribution in [2.24, 2.45) is 17.8 Å². The fourth-order valence-electron chi connectivity index (χ4n) is 6.17. The number of phenolic OH excluding ortho intramolecular Hbond substituents is 1. The quantitative estimate of drug-likeness (QED) is 0.395. The van der Waals surface area contributed by atoms with E-state index in [1.165, 1.54) is 6.08 Å². The van der Waals surface area contributed by atoms with Gasteiger partial charge in [-0.3, -0.25) is 19.2 Å². The van der Waals surface area contributed by atoms with Gasteiger partial charge in [-0.15, -0.1) is 6.58 Å². The summed E-state index contributed by atoms with van der Waals surface area (Å²) in [6.07, 6.45) is 4.45. The number of aromatic hydroxyl groups is 1. The molecule has 0 saturated carbocycles. The third-order valence-corrected chi connectivity index (χ3v) is 7.75.